The molecule has 0 aromatic rings. The molecule has 4 nitrogen and oxygen atoms in total. The molecule has 0 radical (unpaired) electrons. The SMILES string of the molecule is CC(C)CC(CN)CC(=O)N1CCN(C(C)(C)C)CC1. The van der Waals surface area contributed by atoms with Crippen molar-refractivity contribution in [3.8, 4) is 0 Å². The van der Waals surface area contributed by atoms with Crippen molar-refractivity contribution in [2.75, 3.05) is 32.7 Å². The summed E-state index contributed by atoms with van der Waals surface area (Å²) in [5, 5.41) is 0. The summed E-state index contributed by atoms with van der Waals surface area (Å²) in [5.74, 6) is 1.23. The monoisotopic (exact) mass is 283 g/mol. The van der Waals surface area contributed by atoms with Gasteiger partial charge in [-0.3, -0.25) is 9.69 Å². The van der Waals surface area contributed by atoms with Gasteiger partial charge in [-0.15, -0.1) is 0 Å². The third-order valence-corrected chi connectivity index (χ3v) is 4.18. The van der Waals surface area contributed by atoms with Crippen LogP contribution in [0.2, 0.25) is 0 Å². The minimum Gasteiger partial charge on any atom is -0.340 e. The number of hydrogen-bond donors (Lipinski definition) is 1. The van der Waals surface area contributed by atoms with Gasteiger partial charge in [-0.05, 0) is 45.6 Å². The first-order chi connectivity index (χ1) is 9.24. The van der Waals surface area contributed by atoms with Crippen molar-refractivity contribution in [1.29, 1.82) is 0 Å². The minimum absolute atomic E-state index is 0.201. The summed E-state index contributed by atoms with van der Waals surface area (Å²) < 4.78 is 0. The van der Waals surface area contributed by atoms with Crippen molar-refractivity contribution >= 4 is 5.91 Å². The van der Waals surface area contributed by atoms with Crippen molar-refractivity contribution in [2.24, 2.45) is 17.6 Å². The van der Waals surface area contributed by atoms with E-state index in [4.69, 9.17) is 5.73 Å². The normalized spacial score (nSPS) is 19.4. The van der Waals surface area contributed by atoms with Crippen molar-refractivity contribution in [3.05, 3.63) is 0 Å². The average molecular weight is 283 g/mol. The first kappa shape index (κ1) is 17.4. The van der Waals surface area contributed by atoms with Gasteiger partial charge in [-0.2, -0.15) is 0 Å². The number of rotatable bonds is 5. The summed E-state index contributed by atoms with van der Waals surface area (Å²) >= 11 is 0. The van der Waals surface area contributed by atoms with Crippen molar-refractivity contribution < 1.29 is 4.79 Å². The quantitative estimate of drug-likeness (QED) is 0.839. The molecule has 0 aromatic carbocycles. The van der Waals surface area contributed by atoms with Gasteiger partial charge in [0.2, 0.25) is 5.91 Å². The Morgan fingerprint density at radius 2 is 1.70 bits per heavy atom. The summed E-state index contributed by atoms with van der Waals surface area (Å²) in [6, 6.07) is 0. The highest BCUT2D eigenvalue weighted by Gasteiger charge is 2.28. The fourth-order valence-electron chi connectivity index (χ4n) is 2.93. The smallest absolute Gasteiger partial charge is 0.222 e. The van der Waals surface area contributed by atoms with E-state index in [-0.39, 0.29) is 11.4 Å². The van der Waals surface area contributed by atoms with Crippen LogP contribution < -0.4 is 5.73 Å². The number of amides is 1. The van der Waals surface area contributed by atoms with Gasteiger partial charge in [0.05, 0.1) is 0 Å². The zero-order chi connectivity index (χ0) is 15.3. The molecule has 2 N–H and O–H groups in total. The molecule has 118 valence electrons. The molecule has 1 amide bonds. The van der Waals surface area contributed by atoms with E-state index in [1.165, 1.54) is 0 Å². The minimum atomic E-state index is 0.201. The summed E-state index contributed by atoms with van der Waals surface area (Å²) in [6.45, 7) is 15.4. The molecule has 0 spiro atoms. The summed E-state index contributed by atoms with van der Waals surface area (Å²) in [7, 11) is 0. The molecular formula is C16H33N3O. The Kier molecular flexibility index (Phi) is 6.46. The second-order valence-electron chi connectivity index (χ2n) is 7.47. The standard InChI is InChI=1S/C16H33N3O/c1-13(2)10-14(12-17)11-15(20)18-6-8-19(9-7-18)16(3,4)5/h13-14H,6-12,17H2,1-5H3. The highest BCUT2D eigenvalue weighted by molar-refractivity contribution is 5.76. The van der Waals surface area contributed by atoms with E-state index in [1.54, 1.807) is 0 Å². The second kappa shape index (κ2) is 7.41. The van der Waals surface area contributed by atoms with E-state index in [0.717, 1.165) is 32.6 Å². The Hall–Kier alpha value is -0.610. The Bertz CT molecular complexity index is 301. The number of carbonyl (C=O) groups is 1. The molecule has 20 heavy (non-hydrogen) atoms. The number of nitrogens with zero attached hydrogens (tertiary/aromatic N) is 2. The maximum absolute atomic E-state index is 12.4. The Morgan fingerprint density at radius 3 is 2.10 bits per heavy atom. The molecule has 1 aliphatic heterocycles. The molecule has 1 atom stereocenters. The van der Waals surface area contributed by atoms with E-state index in [2.05, 4.69) is 39.5 Å². The number of carbonyl (C=O) groups excluding carboxylic acids is 1. The summed E-state index contributed by atoms with van der Waals surface area (Å²) in [4.78, 5) is 16.8. The predicted molar refractivity (Wildman–Crippen MR) is 84.5 cm³/mol. The van der Waals surface area contributed by atoms with Crippen LogP contribution in [0.3, 0.4) is 0 Å². The van der Waals surface area contributed by atoms with Crippen LogP contribution in [0.1, 0.15) is 47.5 Å². The fraction of sp³-hybridized carbons (Fsp3) is 0.938. The van der Waals surface area contributed by atoms with E-state index < -0.39 is 0 Å². The topological polar surface area (TPSA) is 49.6 Å². The van der Waals surface area contributed by atoms with Crippen molar-refractivity contribution in [3.63, 3.8) is 0 Å². The third kappa shape index (κ3) is 5.41. The van der Waals surface area contributed by atoms with Crippen LogP contribution >= 0.6 is 0 Å². The number of nitrogens with two attached hydrogens (primary N) is 1. The average Bonchev–Trinajstić information content (AvgIpc) is 2.36. The molecule has 1 rings (SSSR count). The van der Waals surface area contributed by atoms with E-state index in [1.807, 2.05) is 4.90 Å². The van der Waals surface area contributed by atoms with Gasteiger partial charge in [-0.1, -0.05) is 13.8 Å². The van der Waals surface area contributed by atoms with Crippen LogP contribution in [0.5, 0.6) is 0 Å². The Balaban J connectivity index is 2.42. The van der Waals surface area contributed by atoms with Gasteiger partial charge >= 0.3 is 0 Å². The predicted octanol–water partition coefficient (Wildman–Crippen LogP) is 1.94. The Morgan fingerprint density at radius 1 is 1.15 bits per heavy atom. The third-order valence-electron chi connectivity index (χ3n) is 4.18. The van der Waals surface area contributed by atoms with Crippen molar-refractivity contribution in [2.45, 2.75) is 53.0 Å². The molecule has 1 saturated heterocycles. The van der Waals surface area contributed by atoms with Crippen LogP contribution in [0.25, 0.3) is 0 Å². The summed E-state index contributed by atoms with van der Waals surface area (Å²) in [6.07, 6.45) is 1.66. The van der Waals surface area contributed by atoms with E-state index >= 15 is 0 Å². The molecule has 4 heteroatoms. The number of hydrogen-bond acceptors (Lipinski definition) is 3. The lowest BCUT2D eigenvalue weighted by Crippen LogP contribution is -2.54. The largest absolute Gasteiger partial charge is 0.340 e. The van der Waals surface area contributed by atoms with Gasteiger partial charge in [0.15, 0.2) is 0 Å². The first-order valence-electron chi connectivity index (χ1n) is 7.97. The van der Waals surface area contributed by atoms with Crippen LogP contribution in [-0.2, 0) is 4.79 Å². The Labute approximate surface area is 124 Å². The zero-order valence-corrected chi connectivity index (χ0v) is 14.0. The summed E-state index contributed by atoms with van der Waals surface area (Å²) in [5.41, 5.74) is 6.00. The van der Waals surface area contributed by atoms with Crippen molar-refractivity contribution in [1.82, 2.24) is 9.80 Å². The molecule has 0 aliphatic carbocycles. The molecule has 0 saturated carbocycles. The lowest BCUT2D eigenvalue weighted by atomic mass is 9.93. The maximum atomic E-state index is 12.4. The lowest BCUT2D eigenvalue weighted by molar-refractivity contribution is -0.134. The number of piperazine rings is 1. The molecule has 1 aliphatic rings. The van der Waals surface area contributed by atoms with Crippen LogP contribution in [-0.4, -0.2) is 54.0 Å². The van der Waals surface area contributed by atoms with Gasteiger partial charge in [0, 0.05) is 38.1 Å². The second-order valence-corrected chi connectivity index (χ2v) is 7.47. The van der Waals surface area contributed by atoms with Gasteiger partial charge in [-0.25, -0.2) is 0 Å². The highest BCUT2D eigenvalue weighted by atomic mass is 16.2. The van der Waals surface area contributed by atoms with Crippen LogP contribution in [0.4, 0.5) is 0 Å². The van der Waals surface area contributed by atoms with Gasteiger partial charge in [0.25, 0.3) is 0 Å². The van der Waals surface area contributed by atoms with E-state index in [0.29, 0.717) is 24.8 Å². The van der Waals surface area contributed by atoms with Gasteiger partial charge < -0.3 is 10.6 Å². The maximum Gasteiger partial charge on any atom is 0.222 e. The molecule has 0 aromatic heterocycles. The molecular weight excluding hydrogens is 250 g/mol. The first-order valence-corrected chi connectivity index (χ1v) is 7.97. The van der Waals surface area contributed by atoms with Crippen LogP contribution in [0.15, 0.2) is 0 Å². The molecule has 1 fully saturated rings. The van der Waals surface area contributed by atoms with Crippen LogP contribution in [0, 0.1) is 11.8 Å². The lowest BCUT2D eigenvalue weighted by Gasteiger charge is -2.42. The van der Waals surface area contributed by atoms with Gasteiger partial charge in [0.1, 0.15) is 0 Å². The molecule has 1 unspecified atom stereocenters. The van der Waals surface area contributed by atoms with E-state index in [9.17, 15) is 4.79 Å². The zero-order valence-electron chi connectivity index (χ0n) is 14.0. The highest BCUT2D eigenvalue weighted by Crippen LogP contribution is 2.19. The molecule has 0 bridgehead atoms. The fourth-order valence-corrected chi connectivity index (χ4v) is 2.93. The molecule has 1 heterocycles.